The quantitative estimate of drug-likeness (QED) is 0.608. The van der Waals surface area contributed by atoms with E-state index in [0.29, 0.717) is 5.69 Å². The lowest BCUT2D eigenvalue weighted by Gasteiger charge is -2.25. The number of amides is 1. The van der Waals surface area contributed by atoms with Crippen molar-refractivity contribution in [2.24, 2.45) is 0 Å². The van der Waals surface area contributed by atoms with Gasteiger partial charge in [-0.2, -0.15) is 4.21 Å². The first-order chi connectivity index (χ1) is 8.36. The summed E-state index contributed by atoms with van der Waals surface area (Å²) in [6, 6.07) is 8.85. The number of carbonyl (C=O) groups is 1. The Morgan fingerprint density at radius 3 is 2.28 bits per heavy atom. The number of hydroxylamine groups is 2. The fourth-order valence-electron chi connectivity index (χ4n) is 1.29. The van der Waals surface area contributed by atoms with Crippen LogP contribution in [-0.4, -0.2) is 23.3 Å². The maximum absolute atomic E-state index is 11.7. The zero-order valence-corrected chi connectivity index (χ0v) is 11.8. The SMILES string of the molecule is CC(=O)[N+](C)(OS(=O)OC(C)C)c1ccccc1. The highest BCUT2D eigenvalue weighted by Crippen LogP contribution is 2.23. The van der Waals surface area contributed by atoms with Crippen LogP contribution in [0.15, 0.2) is 30.3 Å². The van der Waals surface area contributed by atoms with E-state index in [1.54, 1.807) is 38.1 Å². The Bertz CT molecular complexity index is 435. The number of rotatable bonds is 5. The highest BCUT2D eigenvalue weighted by molar-refractivity contribution is 7.75. The van der Waals surface area contributed by atoms with Crippen molar-refractivity contribution in [2.75, 3.05) is 7.05 Å². The summed E-state index contributed by atoms with van der Waals surface area (Å²) in [5.41, 5.74) is 0.589. The van der Waals surface area contributed by atoms with E-state index >= 15 is 0 Å². The first kappa shape index (κ1) is 15.0. The van der Waals surface area contributed by atoms with Crippen LogP contribution in [0.2, 0.25) is 0 Å². The van der Waals surface area contributed by atoms with Gasteiger partial charge in [-0.25, -0.2) is 4.79 Å². The van der Waals surface area contributed by atoms with Gasteiger partial charge in [0.2, 0.25) is 0 Å². The monoisotopic (exact) mass is 272 g/mol. The summed E-state index contributed by atoms with van der Waals surface area (Å²) in [5.74, 6) is -0.290. The third-order valence-electron chi connectivity index (χ3n) is 2.33. The van der Waals surface area contributed by atoms with E-state index in [0.717, 1.165) is 0 Å². The van der Waals surface area contributed by atoms with Gasteiger partial charge in [-0.05, 0) is 13.8 Å². The molecule has 0 aromatic heterocycles. The lowest BCUT2D eigenvalue weighted by molar-refractivity contribution is -0.147. The van der Waals surface area contributed by atoms with Crippen molar-refractivity contribution in [2.45, 2.75) is 26.9 Å². The maximum Gasteiger partial charge on any atom is 0.358 e. The number of carbonyl (C=O) groups excluding carboxylic acids is 1. The molecule has 0 aliphatic heterocycles. The molecule has 2 unspecified atom stereocenters. The van der Waals surface area contributed by atoms with Gasteiger partial charge in [-0.3, -0.25) is 4.18 Å². The Kier molecular flexibility index (Phi) is 5.15. The molecule has 2 atom stereocenters. The molecule has 0 heterocycles. The Balaban J connectivity index is 2.96. The van der Waals surface area contributed by atoms with E-state index in [9.17, 15) is 9.00 Å². The molecule has 100 valence electrons. The van der Waals surface area contributed by atoms with Crippen molar-refractivity contribution in [3.8, 4) is 0 Å². The van der Waals surface area contributed by atoms with E-state index < -0.39 is 16.0 Å². The van der Waals surface area contributed by atoms with Crippen LogP contribution < -0.4 is 4.65 Å². The summed E-state index contributed by atoms with van der Waals surface area (Å²) in [6.07, 6.45) is -0.248. The van der Waals surface area contributed by atoms with Crippen LogP contribution in [0.5, 0.6) is 0 Å². The lowest BCUT2D eigenvalue weighted by atomic mass is 10.3. The first-order valence-electron chi connectivity index (χ1n) is 5.58. The molecule has 0 saturated heterocycles. The highest BCUT2D eigenvalue weighted by Gasteiger charge is 2.37. The van der Waals surface area contributed by atoms with E-state index in [1.165, 1.54) is 14.0 Å². The van der Waals surface area contributed by atoms with E-state index in [1.807, 2.05) is 6.07 Å². The average molecular weight is 272 g/mol. The fourth-order valence-corrected chi connectivity index (χ4v) is 2.07. The predicted octanol–water partition coefficient (Wildman–Crippen LogP) is 2.11. The lowest BCUT2D eigenvalue weighted by Crippen LogP contribution is -2.49. The van der Waals surface area contributed by atoms with E-state index in [2.05, 4.69) is 0 Å². The second-order valence-electron chi connectivity index (χ2n) is 4.20. The van der Waals surface area contributed by atoms with Gasteiger partial charge in [0, 0.05) is 12.1 Å². The number of hydrogen-bond donors (Lipinski definition) is 0. The summed E-state index contributed by atoms with van der Waals surface area (Å²) in [4.78, 5) is 11.7. The zero-order valence-electron chi connectivity index (χ0n) is 11.0. The standard InChI is InChI=1S/C12H18NO4S/c1-10(2)16-18(15)17-13(4,11(3)14)12-8-6-5-7-9-12/h5-10H,1-4H3/q+1. The molecule has 1 aromatic rings. The largest absolute Gasteiger partial charge is 0.358 e. The van der Waals surface area contributed by atoms with Gasteiger partial charge in [0.1, 0.15) is 7.05 Å². The number of nitrogens with zero attached hydrogens (tertiary/aromatic N) is 1. The molecule has 1 rings (SSSR count). The molecule has 1 aromatic carbocycles. The maximum atomic E-state index is 11.7. The molecule has 5 nitrogen and oxygen atoms in total. The first-order valence-corrected chi connectivity index (χ1v) is 6.58. The molecule has 0 radical (unpaired) electrons. The Morgan fingerprint density at radius 2 is 1.83 bits per heavy atom. The number of benzene rings is 1. The summed E-state index contributed by atoms with van der Waals surface area (Å²) < 4.78 is 21.4. The van der Waals surface area contributed by atoms with Crippen LogP contribution in [0, 0.1) is 0 Å². The van der Waals surface area contributed by atoms with Gasteiger partial charge in [-0.15, -0.1) is 0 Å². The minimum Gasteiger partial charge on any atom is -0.262 e. The third kappa shape index (κ3) is 3.71. The molecule has 0 saturated carbocycles. The molecule has 0 aliphatic carbocycles. The van der Waals surface area contributed by atoms with Gasteiger partial charge in [-0.1, -0.05) is 27.1 Å². The molecule has 0 N–H and O–H groups in total. The molecule has 6 heteroatoms. The molecule has 1 amide bonds. The fraction of sp³-hybridized carbons (Fsp3) is 0.417. The average Bonchev–Trinajstić information content (AvgIpc) is 2.28. The molecule has 0 aliphatic rings. The van der Waals surface area contributed by atoms with Crippen LogP contribution in [0.4, 0.5) is 5.69 Å². The van der Waals surface area contributed by atoms with E-state index in [-0.39, 0.29) is 12.0 Å². The third-order valence-corrected chi connectivity index (χ3v) is 3.29. The second kappa shape index (κ2) is 6.19. The zero-order chi connectivity index (χ0) is 13.8. The van der Waals surface area contributed by atoms with Gasteiger partial charge in [0.15, 0.2) is 5.69 Å². The van der Waals surface area contributed by atoms with E-state index in [4.69, 9.17) is 8.47 Å². The Hall–Kier alpha value is -1.08. The van der Waals surface area contributed by atoms with Crippen molar-refractivity contribution in [1.29, 1.82) is 0 Å². The van der Waals surface area contributed by atoms with Crippen molar-refractivity contribution in [1.82, 2.24) is 4.65 Å². The molecular weight excluding hydrogens is 254 g/mol. The van der Waals surface area contributed by atoms with Crippen LogP contribution in [0.3, 0.4) is 0 Å². The summed E-state index contributed by atoms with van der Waals surface area (Å²) in [7, 11) is 1.53. The minimum absolute atomic E-state index is 0.248. The summed E-state index contributed by atoms with van der Waals surface area (Å²) >= 11 is -1.99. The number of para-hydroxylation sites is 1. The molecule has 0 spiro atoms. The number of hydrogen-bond acceptors (Lipinski definition) is 4. The van der Waals surface area contributed by atoms with Gasteiger partial charge >= 0.3 is 17.3 Å². The highest BCUT2D eigenvalue weighted by atomic mass is 32.2. The Labute approximate surface area is 110 Å². The summed E-state index contributed by atoms with van der Waals surface area (Å²) in [6.45, 7) is 4.85. The normalized spacial score (nSPS) is 16.3. The van der Waals surface area contributed by atoms with Crippen molar-refractivity contribution in [3.63, 3.8) is 0 Å². The van der Waals surface area contributed by atoms with Gasteiger partial charge in [0.05, 0.1) is 13.0 Å². The van der Waals surface area contributed by atoms with Crippen LogP contribution in [-0.2, 0) is 24.6 Å². The smallest absolute Gasteiger partial charge is 0.262 e. The van der Waals surface area contributed by atoms with Crippen molar-refractivity contribution >= 4 is 23.0 Å². The molecular formula is C12H18NO4S+. The minimum atomic E-state index is -1.99. The molecule has 18 heavy (non-hydrogen) atoms. The second-order valence-corrected chi connectivity index (χ2v) is 4.95. The van der Waals surface area contributed by atoms with Gasteiger partial charge in [0.25, 0.3) is 0 Å². The van der Waals surface area contributed by atoms with Gasteiger partial charge < -0.3 is 0 Å². The van der Waals surface area contributed by atoms with Crippen LogP contribution in [0.25, 0.3) is 0 Å². The van der Waals surface area contributed by atoms with Crippen molar-refractivity contribution < 1.29 is 17.5 Å². The topological polar surface area (TPSA) is 52.6 Å². The van der Waals surface area contributed by atoms with Crippen LogP contribution >= 0.6 is 0 Å². The molecule has 0 fully saturated rings. The Morgan fingerprint density at radius 1 is 1.28 bits per heavy atom. The molecule has 0 bridgehead atoms. The van der Waals surface area contributed by atoms with Crippen molar-refractivity contribution in [3.05, 3.63) is 30.3 Å². The van der Waals surface area contributed by atoms with Crippen LogP contribution in [0.1, 0.15) is 20.8 Å². The predicted molar refractivity (Wildman–Crippen MR) is 70.3 cm³/mol. The summed E-state index contributed by atoms with van der Waals surface area (Å²) in [5, 5.41) is 0. The number of quaternary nitrogens is 1.